The first-order chi connectivity index (χ1) is 23.8. The van der Waals surface area contributed by atoms with E-state index in [2.05, 4.69) is 0 Å². The molecular formula is C48H34. The second kappa shape index (κ2) is 2.73. The number of hydrogen-bond acceptors (Lipinski definition) is 0. The average molecular weight is 611 g/mol. The normalized spacial score (nSPS) is 132. The Hall–Kier alpha value is 0. The van der Waals surface area contributed by atoms with E-state index in [1.807, 2.05) is 19.3 Å². The Morgan fingerprint density at radius 2 is 0.521 bits per heavy atom. The van der Waals surface area contributed by atoms with Crippen molar-refractivity contribution in [3.8, 4) is 0 Å². The summed E-state index contributed by atoms with van der Waals surface area (Å²) in [6.45, 7) is 0. The zero-order valence-electron chi connectivity index (χ0n) is 26.9. The largest absolute Gasteiger partial charge is 0.0458 e. The lowest BCUT2D eigenvalue weighted by Crippen LogP contribution is -3.53. The van der Waals surface area contributed by atoms with Crippen LogP contribution in [0.5, 0.6) is 0 Å². The number of fused-ring (bicyclic) bond motifs is 18. The van der Waals surface area contributed by atoms with E-state index in [0.717, 1.165) is 103 Å². The molecule has 0 aliphatic heterocycles. The first-order valence-corrected chi connectivity index (χ1v) is 23.8. The maximum absolute atomic E-state index is 1.91. The summed E-state index contributed by atoms with van der Waals surface area (Å²) in [6, 6.07) is 0. The molecule has 32 rings (SSSR count). The van der Waals surface area contributed by atoms with Crippen LogP contribution in [0.4, 0.5) is 0 Å². The van der Waals surface area contributed by atoms with Gasteiger partial charge in [-0.25, -0.2) is 0 Å². The first kappa shape index (κ1) is 17.0. The van der Waals surface area contributed by atoms with Crippen molar-refractivity contribution < 1.29 is 0 Å². The smallest absolute Gasteiger partial charge is 0.00502 e. The second-order valence-electron chi connectivity index (χ2n) is 30.3. The van der Waals surface area contributed by atoms with Crippen LogP contribution in [-0.4, -0.2) is 0 Å². The average Bonchev–Trinajstić information content (AvgIpc) is 2.95. The van der Waals surface area contributed by atoms with Crippen LogP contribution >= 0.6 is 0 Å². The van der Waals surface area contributed by atoms with Crippen LogP contribution in [0.3, 0.4) is 0 Å². The summed E-state index contributed by atoms with van der Waals surface area (Å²) < 4.78 is 0. The van der Waals surface area contributed by atoms with Crippen LogP contribution in [0.15, 0.2) is 0 Å². The topological polar surface area (TPSA) is 0 Å². The molecule has 0 aromatic heterocycles. The molecule has 32 aliphatic rings. The Balaban J connectivity index is 0.790. The van der Waals surface area contributed by atoms with Gasteiger partial charge in [-0.3, -0.25) is 0 Å². The highest BCUT2D eigenvalue weighted by Gasteiger charge is 3.56. The Morgan fingerprint density at radius 1 is 0.188 bits per heavy atom. The summed E-state index contributed by atoms with van der Waals surface area (Å²) in [7, 11) is 0. The molecule has 0 heteroatoms. The quantitative estimate of drug-likeness (QED) is 0.366. The van der Waals surface area contributed by atoms with Crippen molar-refractivity contribution in [1.29, 1.82) is 0 Å². The van der Waals surface area contributed by atoms with E-state index in [1.165, 1.54) is 142 Å². The summed E-state index contributed by atoms with van der Waals surface area (Å²) in [6.07, 6.45) is 9.13. The third-order valence-electron chi connectivity index (χ3n) is 39.7. The SMILES string of the molecule is C1C2C3C4C5C6C7C8CC9C%10C[C@@H]%11[C@@H]%12C[C@@H]%13[C@@H]%14[C@@H]%15[C@@H]%16[C@@H]%17C%18[C@@H]%19[C@@H]%20[C@@H]%21[C@@H]%22C[C@@H]%23C1[C@@]21C%23%22C%212C%20%21C%19%20[C@@]5([C@@]4%21[C@@]321)[C@@]61[C@]%18%20[C@]%172C%163C%154C([C@@]83[C@@]721)[C@@]91C%144C%13%12[C@]%10%111. The van der Waals surface area contributed by atoms with Gasteiger partial charge in [0.05, 0.1) is 0 Å². The molecule has 0 heterocycles. The van der Waals surface area contributed by atoms with Crippen molar-refractivity contribution in [2.24, 2.45) is 245 Å². The maximum Gasteiger partial charge on any atom is -0.00502 e. The van der Waals surface area contributed by atoms with Gasteiger partial charge in [0.2, 0.25) is 0 Å². The monoisotopic (exact) mass is 610 g/mol. The molecule has 226 valence electrons. The Morgan fingerprint density at radius 3 is 1.08 bits per heavy atom. The highest BCUT2D eigenvalue weighted by atomic mass is 15.6. The van der Waals surface area contributed by atoms with E-state index in [9.17, 15) is 0 Å². The van der Waals surface area contributed by atoms with Crippen LogP contribution in [-0.2, 0) is 0 Å². The van der Waals surface area contributed by atoms with Gasteiger partial charge < -0.3 is 0 Å². The molecular weight excluding hydrogens is 577 g/mol. The van der Waals surface area contributed by atoms with Gasteiger partial charge in [-0.2, -0.15) is 0 Å². The predicted octanol–water partition coefficient (Wildman–Crippen LogP) is 4.90. The molecule has 0 N–H and O–H groups in total. The molecule has 0 radical (unpaired) electrons. The van der Waals surface area contributed by atoms with Crippen molar-refractivity contribution in [2.75, 3.05) is 0 Å². The minimum absolute atomic E-state index is 1.08. The van der Waals surface area contributed by atoms with E-state index in [4.69, 9.17) is 0 Å². The van der Waals surface area contributed by atoms with E-state index in [-0.39, 0.29) is 0 Å². The molecule has 0 nitrogen and oxygen atoms in total. The summed E-state index contributed by atoms with van der Waals surface area (Å²) >= 11 is 0. The summed E-state index contributed by atoms with van der Waals surface area (Å²) in [5.41, 5.74) is 21.0. The molecule has 0 saturated heterocycles. The maximum atomic E-state index is 1.91. The lowest BCUT2D eigenvalue weighted by Gasteiger charge is -3.55. The van der Waals surface area contributed by atoms with Crippen LogP contribution in [0.2, 0.25) is 0 Å². The molecule has 0 bridgehead atoms. The number of rotatable bonds is 0. The van der Waals surface area contributed by atoms with Crippen molar-refractivity contribution >= 4 is 0 Å². The van der Waals surface area contributed by atoms with E-state index < -0.39 is 0 Å². The molecule has 0 aromatic carbocycles. The molecule has 32 saturated carbocycles. The zero-order valence-corrected chi connectivity index (χ0v) is 26.9. The Kier molecular flexibility index (Phi) is 0.965. The van der Waals surface area contributed by atoms with Gasteiger partial charge in [-0.1, -0.05) is 0 Å². The van der Waals surface area contributed by atoms with Gasteiger partial charge >= 0.3 is 0 Å². The van der Waals surface area contributed by atoms with E-state index in [0.29, 0.717) is 0 Å². The summed E-state index contributed by atoms with van der Waals surface area (Å²) in [4.78, 5) is 0. The van der Waals surface area contributed by atoms with Crippen molar-refractivity contribution in [1.82, 2.24) is 0 Å². The molecule has 43 atom stereocenters. The molecule has 0 aromatic rings. The van der Waals surface area contributed by atoms with Crippen molar-refractivity contribution in [3.63, 3.8) is 0 Å². The Bertz CT molecular complexity index is 2600. The van der Waals surface area contributed by atoms with E-state index in [1.54, 1.807) is 12.8 Å². The highest BCUT2D eigenvalue weighted by molar-refractivity contribution is 6.00. The van der Waals surface area contributed by atoms with Crippen LogP contribution in [0.1, 0.15) is 32.1 Å². The minimum atomic E-state index is 1.08. The van der Waals surface area contributed by atoms with Gasteiger partial charge in [0.1, 0.15) is 0 Å². The van der Waals surface area contributed by atoms with Crippen LogP contribution in [0.25, 0.3) is 0 Å². The molecule has 19 spiro atoms. The van der Waals surface area contributed by atoms with Gasteiger partial charge in [0.25, 0.3) is 0 Å². The fourth-order valence-electron chi connectivity index (χ4n) is 49.0. The molecule has 0 amide bonds. The van der Waals surface area contributed by atoms with Crippen LogP contribution in [0, 0.1) is 245 Å². The highest BCUT2D eigenvalue weighted by Crippen LogP contribution is 3.57. The zero-order chi connectivity index (χ0) is 26.9. The first-order valence-electron chi connectivity index (χ1n) is 23.8. The van der Waals surface area contributed by atoms with E-state index >= 15 is 0 Å². The molecule has 48 heavy (non-hydrogen) atoms. The third-order valence-corrected chi connectivity index (χ3v) is 39.7. The molecule has 32 fully saturated rings. The van der Waals surface area contributed by atoms with Crippen molar-refractivity contribution in [3.05, 3.63) is 0 Å². The lowest BCUT2D eigenvalue weighted by molar-refractivity contribution is -1.10. The van der Waals surface area contributed by atoms with Gasteiger partial charge in [0.15, 0.2) is 0 Å². The summed E-state index contributed by atoms with van der Waals surface area (Å²) in [5.74, 6) is 33.1. The Labute approximate surface area is 276 Å². The lowest BCUT2D eigenvalue weighted by atomic mass is 8.48. The third kappa shape index (κ3) is 0.416. The summed E-state index contributed by atoms with van der Waals surface area (Å²) in [5, 5.41) is 0. The predicted molar refractivity (Wildman–Crippen MR) is 153 cm³/mol. The fraction of sp³-hybridized carbons (Fsp3) is 1.00. The fourth-order valence-corrected chi connectivity index (χ4v) is 49.0. The minimum Gasteiger partial charge on any atom is -0.0458 e. The molecule has 20 unspecified atom stereocenters. The number of hydrogen-bond donors (Lipinski definition) is 0. The molecule has 32 aliphatic carbocycles. The van der Waals surface area contributed by atoms with Gasteiger partial charge in [-0.05, 0) is 277 Å². The van der Waals surface area contributed by atoms with Gasteiger partial charge in [-0.15, -0.1) is 0 Å². The van der Waals surface area contributed by atoms with Crippen LogP contribution < -0.4 is 0 Å². The van der Waals surface area contributed by atoms with Gasteiger partial charge in [0, 0.05) is 0 Å². The standard InChI is InChI=1S/C48H34/c1-6-8-2-12-16-20-24-27-28-26-22-18-14-4-10-9-3-13-17-21-25-23-19-15-5-11-7(1)30(6)31(8,12)37(16)34(11,30)29-35(15)38(24,36(20,29)37)42(27)41(19,35)45(23)46(28,42)48(26)44(22)40(18)33(10,14)32(9,13)39(17,40)43(21,44)47(25,45)48/h6-29H,1-5H2/t6-,7?,8+,9?,10-,11?,12-,13?,14+,15?,16-,17?,18+,19?,20-,21?,22+,23?,24-,25?,26+,27-,28?,29?,30-,31?,32+,33?,34+,35+,36?,37?,38?,39-,40?,41+,42+,43-,44?,45+,46-,47+,48?/m1/s1. The van der Waals surface area contributed by atoms with Crippen molar-refractivity contribution in [2.45, 2.75) is 32.1 Å². The second-order valence-corrected chi connectivity index (χ2v) is 30.3.